The molecule has 24 heavy (non-hydrogen) atoms. The van der Waals surface area contributed by atoms with E-state index in [9.17, 15) is 9.59 Å². The third-order valence-corrected chi connectivity index (χ3v) is 4.44. The first kappa shape index (κ1) is 16.5. The lowest BCUT2D eigenvalue weighted by Gasteiger charge is -2.38. The Morgan fingerprint density at radius 3 is 2.79 bits per heavy atom. The number of likely N-dealkylation sites (tertiary alicyclic amines) is 1. The summed E-state index contributed by atoms with van der Waals surface area (Å²) in [6, 6.07) is 7.75. The van der Waals surface area contributed by atoms with Crippen molar-refractivity contribution in [1.82, 2.24) is 20.1 Å². The third-order valence-electron chi connectivity index (χ3n) is 4.44. The van der Waals surface area contributed by atoms with Crippen molar-refractivity contribution >= 4 is 22.7 Å². The summed E-state index contributed by atoms with van der Waals surface area (Å²) in [5, 5.41) is 3.88. The van der Waals surface area contributed by atoms with Gasteiger partial charge in [0, 0.05) is 36.7 Å². The molecule has 6 nitrogen and oxygen atoms in total. The fraction of sp³-hybridized carbons (Fsp3) is 0.444. The summed E-state index contributed by atoms with van der Waals surface area (Å²) in [6.45, 7) is 2.63. The maximum atomic E-state index is 12.6. The molecule has 1 saturated heterocycles. The van der Waals surface area contributed by atoms with Crippen LogP contribution in [0.4, 0.5) is 0 Å². The Bertz CT molecular complexity index is 731. The van der Waals surface area contributed by atoms with Crippen molar-refractivity contribution in [3.8, 4) is 0 Å². The number of amides is 2. The molecular formula is C18H24N4O2. The molecule has 0 aliphatic carbocycles. The lowest BCUT2D eigenvalue weighted by atomic mass is 9.97. The van der Waals surface area contributed by atoms with Crippen molar-refractivity contribution in [2.45, 2.75) is 6.42 Å². The van der Waals surface area contributed by atoms with Crippen molar-refractivity contribution in [3.63, 3.8) is 0 Å². The van der Waals surface area contributed by atoms with Crippen LogP contribution in [0.3, 0.4) is 0 Å². The highest BCUT2D eigenvalue weighted by atomic mass is 16.2. The average molecular weight is 328 g/mol. The summed E-state index contributed by atoms with van der Waals surface area (Å²) in [4.78, 5) is 31.6. The maximum Gasteiger partial charge on any atom is 0.256 e. The second kappa shape index (κ2) is 7.05. The van der Waals surface area contributed by atoms with Crippen molar-refractivity contribution < 1.29 is 9.59 Å². The van der Waals surface area contributed by atoms with Gasteiger partial charge >= 0.3 is 0 Å². The number of fused-ring (bicyclic) bond motifs is 1. The van der Waals surface area contributed by atoms with E-state index in [1.165, 1.54) is 0 Å². The van der Waals surface area contributed by atoms with Gasteiger partial charge in [-0.25, -0.2) is 0 Å². The molecule has 2 amide bonds. The van der Waals surface area contributed by atoms with Crippen LogP contribution in [0.1, 0.15) is 16.8 Å². The van der Waals surface area contributed by atoms with E-state index in [2.05, 4.69) is 15.2 Å². The van der Waals surface area contributed by atoms with Crippen LogP contribution in [-0.2, 0) is 4.79 Å². The van der Waals surface area contributed by atoms with Crippen molar-refractivity contribution in [2.24, 2.45) is 5.92 Å². The highest BCUT2D eigenvalue weighted by Gasteiger charge is 2.36. The monoisotopic (exact) mass is 328 g/mol. The average Bonchev–Trinajstić information content (AvgIpc) is 2.94. The van der Waals surface area contributed by atoms with Gasteiger partial charge in [-0.15, -0.1) is 0 Å². The summed E-state index contributed by atoms with van der Waals surface area (Å²) in [7, 11) is 4.03. The van der Waals surface area contributed by atoms with Crippen molar-refractivity contribution in [2.75, 3.05) is 40.3 Å². The number of hydrogen-bond donors (Lipinski definition) is 2. The largest absolute Gasteiger partial charge is 0.360 e. The number of carbonyl (C=O) groups excluding carboxylic acids is 2. The van der Waals surface area contributed by atoms with E-state index in [1.807, 2.05) is 38.4 Å². The number of carbonyl (C=O) groups is 2. The van der Waals surface area contributed by atoms with Gasteiger partial charge in [0.2, 0.25) is 5.91 Å². The summed E-state index contributed by atoms with van der Waals surface area (Å²) in [5.41, 5.74) is 1.63. The number of para-hydroxylation sites is 1. The molecule has 0 spiro atoms. The molecule has 1 aromatic carbocycles. The van der Waals surface area contributed by atoms with Gasteiger partial charge in [0.15, 0.2) is 0 Å². The second-order valence-corrected chi connectivity index (χ2v) is 6.60. The van der Waals surface area contributed by atoms with E-state index in [0.717, 1.165) is 23.9 Å². The van der Waals surface area contributed by atoms with E-state index in [4.69, 9.17) is 0 Å². The van der Waals surface area contributed by atoms with Crippen LogP contribution in [0.25, 0.3) is 10.9 Å². The van der Waals surface area contributed by atoms with E-state index in [1.54, 1.807) is 11.1 Å². The minimum Gasteiger partial charge on any atom is -0.360 e. The van der Waals surface area contributed by atoms with E-state index in [-0.39, 0.29) is 17.7 Å². The topological polar surface area (TPSA) is 68.4 Å². The van der Waals surface area contributed by atoms with E-state index >= 15 is 0 Å². The first-order valence-electron chi connectivity index (χ1n) is 8.34. The molecule has 0 radical (unpaired) electrons. The summed E-state index contributed by atoms with van der Waals surface area (Å²) < 4.78 is 0. The molecule has 2 aromatic rings. The number of aromatic amines is 1. The molecule has 0 bridgehead atoms. The van der Waals surface area contributed by atoms with Crippen LogP contribution in [0.15, 0.2) is 30.5 Å². The Labute approximate surface area is 141 Å². The van der Waals surface area contributed by atoms with Crippen LogP contribution in [0, 0.1) is 5.92 Å². The molecule has 0 unspecified atom stereocenters. The zero-order valence-electron chi connectivity index (χ0n) is 14.2. The van der Waals surface area contributed by atoms with Gasteiger partial charge < -0.3 is 20.1 Å². The smallest absolute Gasteiger partial charge is 0.256 e. The fourth-order valence-electron chi connectivity index (χ4n) is 2.98. The molecule has 0 atom stereocenters. The highest BCUT2D eigenvalue weighted by molar-refractivity contribution is 6.07. The van der Waals surface area contributed by atoms with Gasteiger partial charge in [-0.3, -0.25) is 9.59 Å². The standard InChI is InChI=1S/C18H24N4O2/c1-21(2)9-5-8-19-17(23)13-11-22(12-13)18(24)15-10-20-16-7-4-3-6-14(15)16/h3-4,6-7,10,13,20H,5,8-9,11-12H2,1-2H3,(H,19,23). The Morgan fingerprint density at radius 2 is 2.04 bits per heavy atom. The lowest BCUT2D eigenvalue weighted by Crippen LogP contribution is -2.55. The van der Waals surface area contributed by atoms with Gasteiger partial charge in [0.05, 0.1) is 11.5 Å². The van der Waals surface area contributed by atoms with Crippen LogP contribution < -0.4 is 5.32 Å². The number of rotatable bonds is 6. The first-order valence-corrected chi connectivity index (χ1v) is 8.34. The zero-order chi connectivity index (χ0) is 17.1. The molecule has 1 aromatic heterocycles. The van der Waals surface area contributed by atoms with Crippen LogP contribution in [0.2, 0.25) is 0 Å². The Hall–Kier alpha value is -2.34. The Morgan fingerprint density at radius 1 is 1.29 bits per heavy atom. The predicted octanol–water partition coefficient (Wildman–Crippen LogP) is 1.31. The lowest BCUT2D eigenvalue weighted by molar-refractivity contribution is -0.128. The molecule has 1 aliphatic heterocycles. The molecule has 2 N–H and O–H groups in total. The van der Waals surface area contributed by atoms with Crippen LogP contribution in [0.5, 0.6) is 0 Å². The molecule has 1 aliphatic rings. The van der Waals surface area contributed by atoms with Crippen LogP contribution >= 0.6 is 0 Å². The number of H-pyrrole nitrogens is 1. The fourth-order valence-corrected chi connectivity index (χ4v) is 2.98. The SMILES string of the molecule is CN(C)CCCNC(=O)C1CN(C(=O)c2c[nH]c3ccccc23)C1. The third kappa shape index (κ3) is 3.43. The first-order chi connectivity index (χ1) is 11.6. The normalized spacial score (nSPS) is 14.9. The number of hydrogen-bond acceptors (Lipinski definition) is 3. The van der Waals surface area contributed by atoms with Crippen molar-refractivity contribution in [3.05, 3.63) is 36.0 Å². The highest BCUT2D eigenvalue weighted by Crippen LogP contribution is 2.23. The van der Waals surface area contributed by atoms with Gasteiger partial charge in [-0.2, -0.15) is 0 Å². The Kier molecular flexibility index (Phi) is 4.85. The predicted molar refractivity (Wildman–Crippen MR) is 93.9 cm³/mol. The quantitative estimate of drug-likeness (QED) is 0.786. The minimum absolute atomic E-state index is 0.0101. The molecule has 0 saturated carbocycles. The van der Waals surface area contributed by atoms with Crippen molar-refractivity contribution in [1.29, 1.82) is 0 Å². The second-order valence-electron chi connectivity index (χ2n) is 6.60. The molecule has 2 heterocycles. The molecular weight excluding hydrogens is 304 g/mol. The molecule has 6 heteroatoms. The number of nitrogens with one attached hydrogen (secondary N) is 2. The van der Waals surface area contributed by atoms with Crippen LogP contribution in [-0.4, -0.2) is 66.9 Å². The van der Waals surface area contributed by atoms with E-state index < -0.39 is 0 Å². The Balaban J connectivity index is 1.49. The van der Waals surface area contributed by atoms with Gasteiger partial charge in [-0.1, -0.05) is 18.2 Å². The molecule has 128 valence electrons. The maximum absolute atomic E-state index is 12.6. The van der Waals surface area contributed by atoms with E-state index in [0.29, 0.717) is 25.2 Å². The summed E-state index contributed by atoms with van der Waals surface area (Å²) >= 11 is 0. The van der Waals surface area contributed by atoms with Gasteiger partial charge in [-0.05, 0) is 33.1 Å². The zero-order valence-corrected chi connectivity index (χ0v) is 14.2. The van der Waals surface area contributed by atoms with Gasteiger partial charge in [0.25, 0.3) is 5.91 Å². The summed E-state index contributed by atoms with van der Waals surface area (Å²) in [6.07, 6.45) is 2.69. The van der Waals surface area contributed by atoms with Gasteiger partial charge in [0.1, 0.15) is 0 Å². The number of nitrogens with zero attached hydrogens (tertiary/aromatic N) is 2. The molecule has 3 rings (SSSR count). The summed E-state index contributed by atoms with van der Waals surface area (Å²) in [5.74, 6) is -0.0423. The number of benzene rings is 1. The number of aromatic nitrogens is 1. The minimum atomic E-state index is -0.0847. The molecule has 1 fully saturated rings.